The lowest BCUT2D eigenvalue weighted by molar-refractivity contribution is -0.0730. The Kier molecular flexibility index (Phi) is 5.10. The summed E-state index contributed by atoms with van der Waals surface area (Å²) < 4.78 is 39.4. The highest BCUT2D eigenvalue weighted by Gasteiger charge is 2.28. The lowest BCUT2D eigenvalue weighted by Crippen LogP contribution is -2.36. The molecule has 1 heterocycles. The van der Waals surface area contributed by atoms with E-state index in [0.717, 1.165) is 18.9 Å². The molecule has 22 heavy (non-hydrogen) atoms. The maximum absolute atomic E-state index is 14.2. The molecule has 0 saturated carbocycles. The first-order valence-electron chi connectivity index (χ1n) is 7.94. The van der Waals surface area contributed by atoms with E-state index in [2.05, 4.69) is 0 Å². The number of hydrogen-bond acceptors (Lipinski definition) is 2. The van der Waals surface area contributed by atoms with Crippen LogP contribution in [0.4, 0.5) is 8.78 Å². The normalized spacial score (nSPS) is 26.0. The van der Waals surface area contributed by atoms with Crippen molar-refractivity contribution in [1.29, 1.82) is 0 Å². The molecule has 2 atom stereocenters. The van der Waals surface area contributed by atoms with Gasteiger partial charge in [0.2, 0.25) is 0 Å². The molecule has 1 fully saturated rings. The molecule has 1 aliphatic heterocycles. The lowest BCUT2D eigenvalue weighted by atomic mass is 9.87. The van der Waals surface area contributed by atoms with Crippen LogP contribution in [0.15, 0.2) is 12.1 Å². The summed E-state index contributed by atoms with van der Waals surface area (Å²) in [6.07, 6.45) is 2.07. The van der Waals surface area contributed by atoms with Gasteiger partial charge < -0.3 is 9.47 Å². The van der Waals surface area contributed by atoms with E-state index in [1.165, 1.54) is 6.07 Å². The third-order valence-electron chi connectivity index (χ3n) is 3.74. The summed E-state index contributed by atoms with van der Waals surface area (Å²) in [6, 6.07) is 2.28. The molecule has 124 valence electrons. The SMILES string of the molecule is CC1CC(Oc2c(F)cc(F)cc2CC(C)(C)C)CC(C)O1. The summed E-state index contributed by atoms with van der Waals surface area (Å²) in [7, 11) is 0. The van der Waals surface area contributed by atoms with Crippen LogP contribution in [0.25, 0.3) is 0 Å². The van der Waals surface area contributed by atoms with E-state index in [0.29, 0.717) is 12.0 Å². The molecule has 1 aromatic rings. The topological polar surface area (TPSA) is 18.5 Å². The van der Waals surface area contributed by atoms with E-state index >= 15 is 0 Å². The van der Waals surface area contributed by atoms with Crippen molar-refractivity contribution in [1.82, 2.24) is 0 Å². The van der Waals surface area contributed by atoms with Crippen molar-refractivity contribution < 1.29 is 18.3 Å². The Morgan fingerprint density at radius 2 is 1.73 bits per heavy atom. The second-order valence-electron chi connectivity index (χ2n) is 7.58. The molecule has 0 radical (unpaired) electrons. The van der Waals surface area contributed by atoms with Gasteiger partial charge in [0.25, 0.3) is 0 Å². The van der Waals surface area contributed by atoms with Gasteiger partial charge in [-0.05, 0) is 31.7 Å². The van der Waals surface area contributed by atoms with Crippen molar-refractivity contribution in [2.75, 3.05) is 0 Å². The number of benzene rings is 1. The summed E-state index contributed by atoms with van der Waals surface area (Å²) in [5, 5.41) is 0. The van der Waals surface area contributed by atoms with Crippen LogP contribution in [0, 0.1) is 17.0 Å². The van der Waals surface area contributed by atoms with Crippen LogP contribution >= 0.6 is 0 Å². The van der Waals surface area contributed by atoms with Crippen LogP contribution in [-0.4, -0.2) is 18.3 Å². The second-order valence-corrected chi connectivity index (χ2v) is 7.58. The molecular weight excluding hydrogens is 286 g/mol. The van der Waals surface area contributed by atoms with Gasteiger partial charge in [-0.2, -0.15) is 0 Å². The fourth-order valence-electron chi connectivity index (χ4n) is 3.06. The molecule has 0 bridgehead atoms. The zero-order chi connectivity index (χ0) is 16.5. The van der Waals surface area contributed by atoms with Crippen molar-refractivity contribution in [3.8, 4) is 5.75 Å². The molecular formula is C18H26F2O2. The quantitative estimate of drug-likeness (QED) is 0.791. The summed E-state index contributed by atoms with van der Waals surface area (Å²) in [4.78, 5) is 0. The molecule has 2 unspecified atom stereocenters. The molecule has 0 spiro atoms. The Bertz CT molecular complexity index is 513. The predicted molar refractivity (Wildman–Crippen MR) is 83.2 cm³/mol. The maximum atomic E-state index is 14.2. The van der Waals surface area contributed by atoms with Crippen molar-refractivity contribution in [2.45, 2.75) is 72.2 Å². The molecule has 0 aliphatic carbocycles. The van der Waals surface area contributed by atoms with Gasteiger partial charge in [0, 0.05) is 24.5 Å². The first kappa shape index (κ1) is 17.2. The number of ether oxygens (including phenoxy) is 2. The molecule has 0 amide bonds. The molecule has 0 aromatic heterocycles. The van der Waals surface area contributed by atoms with E-state index in [1.54, 1.807) is 0 Å². The van der Waals surface area contributed by atoms with Gasteiger partial charge in [0.05, 0.1) is 12.2 Å². The smallest absolute Gasteiger partial charge is 0.168 e. The van der Waals surface area contributed by atoms with Crippen LogP contribution in [0.5, 0.6) is 5.75 Å². The molecule has 0 N–H and O–H groups in total. The Morgan fingerprint density at radius 1 is 1.14 bits per heavy atom. The minimum Gasteiger partial charge on any atom is -0.487 e. The third kappa shape index (κ3) is 4.67. The predicted octanol–water partition coefficient (Wildman–Crippen LogP) is 4.89. The van der Waals surface area contributed by atoms with Crippen LogP contribution in [-0.2, 0) is 11.2 Å². The molecule has 2 rings (SSSR count). The molecule has 4 heteroatoms. The fourth-order valence-corrected chi connectivity index (χ4v) is 3.06. The number of hydrogen-bond donors (Lipinski definition) is 0. The van der Waals surface area contributed by atoms with E-state index in [4.69, 9.17) is 9.47 Å². The average molecular weight is 312 g/mol. The Balaban J connectivity index is 2.25. The van der Waals surface area contributed by atoms with Crippen molar-refractivity contribution in [3.05, 3.63) is 29.3 Å². The Hall–Kier alpha value is -1.16. The molecule has 1 saturated heterocycles. The number of rotatable bonds is 3. The monoisotopic (exact) mass is 312 g/mol. The fraction of sp³-hybridized carbons (Fsp3) is 0.667. The van der Waals surface area contributed by atoms with E-state index in [-0.39, 0.29) is 29.5 Å². The summed E-state index contributed by atoms with van der Waals surface area (Å²) >= 11 is 0. The average Bonchev–Trinajstić information content (AvgIpc) is 2.30. The summed E-state index contributed by atoms with van der Waals surface area (Å²) in [5.74, 6) is -0.980. The third-order valence-corrected chi connectivity index (χ3v) is 3.74. The van der Waals surface area contributed by atoms with Gasteiger partial charge in [-0.3, -0.25) is 0 Å². The highest BCUT2D eigenvalue weighted by Crippen LogP contribution is 2.33. The highest BCUT2D eigenvalue weighted by molar-refractivity contribution is 5.36. The Morgan fingerprint density at radius 3 is 2.27 bits per heavy atom. The van der Waals surface area contributed by atoms with Gasteiger partial charge in [0.15, 0.2) is 11.6 Å². The zero-order valence-corrected chi connectivity index (χ0v) is 14.1. The zero-order valence-electron chi connectivity index (χ0n) is 14.1. The van der Waals surface area contributed by atoms with Crippen LogP contribution in [0.3, 0.4) is 0 Å². The van der Waals surface area contributed by atoms with Gasteiger partial charge in [0.1, 0.15) is 11.9 Å². The lowest BCUT2D eigenvalue weighted by Gasteiger charge is -2.33. The summed E-state index contributed by atoms with van der Waals surface area (Å²) in [5.41, 5.74) is 0.519. The van der Waals surface area contributed by atoms with E-state index in [9.17, 15) is 8.78 Å². The van der Waals surface area contributed by atoms with Crippen LogP contribution in [0.2, 0.25) is 0 Å². The van der Waals surface area contributed by atoms with Crippen molar-refractivity contribution in [2.24, 2.45) is 5.41 Å². The maximum Gasteiger partial charge on any atom is 0.168 e. The second kappa shape index (κ2) is 6.53. The minimum absolute atomic E-state index is 0.0748. The molecule has 1 aromatic carbocycles. The summed E-state index contributed by atoms with van der Waals surface area (Å²) in [6.45, 7) is 10.1. The van der Waals surface area contributed by atoms with Crippen LogP contribution in [0.1, 0.15) is 53.0 Å². The molecule has 2 nitrogen and oxygen atoms in total. The van der Waals surface area contributed by atoms with Crippen molar-refractivity contribution in [3.63, 3.8) is 0 Å². The first-order valence-corrected chi connectivity index (χ1v) is 7.94. The van der Waals surface area contributed by atoms with Gasteiger partial charge in [-0.25, -0.2) is 8.78 Å². The number of halogens is 2. The van der Waals surface area contributed by atoms with Crippen molar-refractivity contribution >= 4 is 0 Å². The molecule has 1 aliphatic rings. The highest BCUT2D eigenvalue weighted by atomic mass is 19.1. The Labute approximate surface area is 131 Å². The minimum atomic E-state index is -0.619. The van der Waals surface area contributed by atoms with E-state index < -0.39 is 11.6 Å². The van der Waals surface area contributed by atoms with Gasteiger partial charge >= 0.3 is 0 Å². The van der Waals surface area contributed by atoms with Gasteiger partial charge in [-0.15, -0.1) is 0 Å². The first-order chi connectivity index (χ1) is 10.1. The standard InChI is InChI=1S/C18H26F2O2/c1-11-6-15(7-12(2)21-11)22-17-13(10-18(3,4)5)8-14(19)9-16(17)20/h8-9,11-12,15H,6-7,10H2,1-5H3. The van der Waals surface area contributed by atoms with Gasteiger partial charge in [-0.1, -0.05) is 20.8 Å². The largest absolute Gasteiger partial charge is 0.487 e. The van der Waals surface area contributed by atoms with E-state index in [1.807, 2.05) is 34.6 Å². The van der Waals surface area contributed by atoms with Crippen LogP contribution < -0.4 is 4.74 Å².